The van der Waals surface area contributed by atoms with E-state index in [4.69, 9.17) is 15.6 Å². The zero-order valence-electron chi connectivity index (χ0n) is 17.5. The molecule has 0 heterocycles. The summed E-state index contributed by atoms with van der Waals surface area (Å²) < 4.78 is 4.71. The third-order valence-corrected chi connectivity index (χ3v) is 4.97. The number of aliphatic hydroxyl groups is 2. The molecule has 1 aliphatic rings. The maximum atomic E-state index is 12.4. The number of nitrogens with two attached hydrogens (primary N) is 1. The van der Waals surface area contributed by atoms with E-state index in [1.165, 1.54) is 7.11 Å². The number of nitrogens with one attached hydrogen (secondary N) is 1. The third kappa shape index (κ3) is 6.33. The number of methoxy groups -OCH3 is 1. The average Bonchev–Trinajstić information content (AvgIpc) is 2.68. The third-order valence-electron chi connectivity index (χ3n) is 4.97. The van der Waals surface area contributed by atoms with Crippen LogP contribution in [0, 0.1) is 29.6 Å². The number of hydrogen-bond donors (Lipinski definition) is 4. The topological polar surface area (TPSA) is 122 Å². The molecule has 30 heavy (non-hydrogen) atoms. The predicted octanol–water partition coefficient (Wildman–Crippen LogP) is 0.574. The van der Waals surface area contributed by atoms with Gasteiger partial charge in [-0.25, -0.2) is 4.79 Å². The molecule has 1 aromatic rings. The highest BCUT2D eigenvalue weighted by Gasteiger charge is 2.41. The van der Waals surface area contributed by atoms with E-state index >= 15 is 0 Å². The van der Waals surface area contributed by atoms with Gasteiger partial charge in [-0.1, -0.05) is 11.8 Å². The number of rotatable bonds is 6. The standard InChI is InChI=1S/C23H28N2O5/c1-22(2,24)19(21(28)30-3)25-20(27)18-10-8-16(9-11-18)7-5-4-6-12-23(29)13-17(14-23)15-26/h8-11,17,19,26,29H,12-15,24H2,1-3H3,(H,25,27)/t17-,19-,23+/m1/s1. The monoisotopic (exact) mass is 412 g/mol. The van der Waals surface area contributed by atoms with Crippen molar-refractivity contribution in [2.75, 3.05) is 13.7 Å². The van der Waals surface area contributed by atoms with Gasteiger partial charge in [0, 0.05) is 29.7 Å². The molecular formula is C23H28N2O5. The van der Waals surface area contributed by atoms with Gasteiger partial charge in [0.2, 0.25) is 0 Å². The Morgan fingerprint density at radius 3 is 2.47 bits per heavy atom. The summed E-state index contributed by atoms with van der Waals surface area (Å²) >= 11 is 0. The van der Waals surface area contributed by atoms with Crippen LogP contribution in [-0.4, -0.2) is 53.0 Å². The largest absolute Gasteiger partial charge is 0.467 e. The number of ether oxygens (including phenoxy) is 1. The number of carbonyl (C=O) groups excluding carboxylic acids is 2. The normalized spacial score (nSPS) is 21.1. The molecule has 0 aliphatic heterocycles. The lowest BCUT2D eigenvalue weighted by Crippen LogP contribution is -2.59. The number of benzene rings is 1. The fourth-order valence-electron chi connectivity index (χ4n) is 3.23. The summed E-state index contributed by atoms with van der Waals surface area (Å²) in [6, 6.07) is 5.56. The molecule has 1 amide bonds. The molecule has 1 fully saturated rings. The van der Waals surface area contributed by atoms with Gasteiger partial charge < -0.3 is 26.0 Å². The van der Waals surface area contributed by atoms with E-state index in [1.807, 2.05) is 0 Å². The van der Waals surface area contributed by atoms with Crippen molar-refractivity contribution in [3.05, 3.63) is 35.4 Å². The minimum Gasteiger partial charge on any atom is -0.467 e. The van der Waals surface area contributed by atoms with Crippen LogP contribution in [-0.2, 0) is 9.53 Å². The summed E-state index contributed by atoms with van der Waals surface area (Å²) in [5.74, 6) is 10.3. The lowest BCUT2D eigenvalue weighted by Gasteiger charge is -2.41. The summed E-state index contributed by atoms with van der Waals surface area (Å²) in [5, 5.41) is 21.7. The molecule has 1 aromatic carbocycles. The van der Waals surface area contributed by atoms with Gasteiger partial charge >= 0.3 is 5.97 Å². The van der Waals surface area contributed by atoms with Crippen molar-refractivity contribution in [2.24, 2.45) is 11.7 Å². The van der Waals surface area contributed by atoms with E-state index in [1.54, 1.807) is 38.1 Å². The first kappa shape index (κ1) is 23.4. The first-order chi connectivity index (χ1) is 14.1. The summed E-state index contributed by atoms with van der Waals surface area (Å²) in [6.45, 7) is 3.35. The Labute approximate surface area is 177 Å². The Bertz CT molecular complexity index is 888. The van der Waals surface area contributed by atoms with E-state index in [9.17, 15) is 14.7 Å². The van der Waals surface area contributed by atoms with E-state index in [-0.39, 0.29) is 12.5 Å². The van der Waals surface area contributed by atoms with Gasteiger partial charge in [0.1, 0.15) is 6.04 Å². The molecule has 1 atom stereocenters. The summed E-state index contributed by atoms with van der Waals surface area (Å²) in [4.78, 5) is 24.3. The summed E-state index contributed by atoms with van der Waals surface area (Å²) in [7, 11) is 1.24. The van der Waals surface area contributed by atoms with E-state index < -0.39 is 29.1 Å². The van der Waals surface area contributed by atoms with E-state index in [0.717, 1.165) is 0 Å². The van der Waals surface area contributed by atoms with Crippen molar-refractivity contribution < 1.29 is 24.5 Å². The maximum Gasteiger partial charge on any atom is 0.330 e. The fraction of sp³-hybridized carbons (Fsp3) is 0.478. The van der Waals surface area contributed by atoms with E-state index in [2.05, 4.69) is 29.0 Å². The van der Waals surface area contributed by atoms with Crippen molar-refractivity contribution in [3.63, 3.8) is 0 Å². The Morgan fingerprint density at radius 2 is 1.93 bits per heavy atom. The quantitative estimate of drug-likeness (QED) is 0.400. The van der Waals surface area contributed by atoms with Crippen molar-refractivity contribution in [1.82, 2.24) is 5.32 Å². The lowest BCUT2D eigenvalue weighted by molar-refractivity contribution is -0.144. The van der Waals surface area contributed by atoms with Gasteiger partial charge in [-0.2, -0.15) is 0 Å². The minimum atomic E-state index is -0.988. The Morgan fingerprint density at radius 1 is 1.30 bits per heavy atom. The molecule has 1 saturated carbocycles. The van der Waals surface area contributed by atoms with Crippen LogP contribution in [0.1, 0.15) is 49.0 Å². The van der Waals surface area contributed by atoms with Crippen molar-refractivity contribution >= 4 is 11.9 Å². The van der Waals surface area contributed by atoms with Crippen LogP contribution in [0.25, 0.3) is 0 Å². The van der Waals surface area contributed by atoms with Crippen LogP contribution in [0.3, 0.4) is 0 Å². The Balaban J connectivity index is 1.94. The van der Waals surface area contributed by atoms with Crippen LogP contribution in [0.5, 0.6) is 0 Å². The second-order valence-corrected chi connectivity index (χ2v) is 8.24. The Kier molecular flexibility index (Phi) is 7.64. The van der Waals surface area contributed by atoms with Gasteiger partial charge in [-0.15, -0.1) is 0 Å². The Hall–Kier alpha value is -2.84. The molecule has 0 unspecified atom stereocenters. The van der Waals surface area contributed by atoms with Gasteiger partial charge in [0.25, 0.3) is 5.91 Å². The van der Waals surface area contributed by atoms with Gasteiger partial charge in [0.05, 0.1) is 12.7 Å². The molecule has 7 nitrogen and oxygen atoms in total. The molecule has 0 saturated heterocycles. The molecule has 5 N–H and O–H groups in total. The van der Waals surface area contributed by atoms with Crippen molar-refractivity contribution in [3.8, 4) is 23.7 Å². The highest BCUT2D eigenvalue weighted by atomic mass is 16.5. The lowest BCUT2D eigenvalue weighted by atomic mass is 9.70. The van der Waals surface area contributed by atoms with Gasteiger partial charge in [-0.3, -0.25) is 4.79 Å². The zero-order valence-corrected chi connectivity index (χ0v) is 17.5. The number of hydrogen-bond acceptors (Lipinski definition) is 6. The molecule has 0 bridgehead atoms. The number of esters is 1. The zero-order chi connectivity index (χ0) is 22.4. The molecule has 7 heteroatoms. The first-order valence-electron chi connectivity index (χ1n) is 9.68. The van der Waals surface area contributed by atoms with Crippen LogP contribution < -0.4 is 11.1 Å². The molecule has 1 aliphatic carbocycles. The average molecular weight is 412 g/mol. The highest BCUT2D eigenvalue weighted by molar-refractivity contribution is 5.97. The highest BCUT2D eigenvalue weighted by Crippen LogP contribution is 2.39. The number of amides is 1. The molecule has 0 radical (unpaired) electrons. The molecule has 2 rings (SSSR count). The molecule has 0 spiro atoms. The number of carbonyl (C=O) groups is 2. The summed E-state index contributed by atoms with van der Waals surface area (Å²) in [6.07, 6.45) is 1.46. The van der Waals surface area contributed by atoms with Crippen LogP contribution in [0.2, 0.25) is 0 Å². The van der Waals surface area contributed by atoms with Crippen molar-refractivity contribution in [1.29, 1.82) is 0 Å². The maximum absolute atomic E-state index is 12.4. The smallest absolute Gasteiger partial charge is 0.330 e. The van der Waals surface area contributed by atoms with E-state index in [0.29, 0.717) is 30.4 Å². The SMILES string of the molecule is COC(=O)[C@@H](NC(=O)c1ccc(C#CC#CC[C@]2(O)C[C@@H](CO)C2)cc1)C(C)(C)N. The van der Waals surface area contributed by atoms with Gasteiger partial charge in [0.15, 0.2) is 0 Å². The second kappa shape index (κ2) is 9.77. The van der Waals surface area contributed by atoms with Crippen LogP contribution in [0.4, 0.5) is 0 Å². The summed E-state index contributed by atoms with van der Waals surface area (Å²) in [5.41, 5.74) is 5.20. The second-order valence-electron chi connectivity index (χ2n) is 8.24. The van der Waals surface area contributed by atoms with Crippen LogP contribution in [0.15, 0.2) is 24.3 Å². The molecular weight excluding hydrogens is 384 g/mol. The minimum absolute atomic E-state index is 0.0941. The fourth-order valence-corrected chi connectivity index (χ4v) is 3.23. The molecule has 0 aromatic heterocycles. The van der Waals surface area contributed by atoms with Crippen LogP contribution >= 0.6 is 0 Å². The van der Waals surface area contributed by atoms with Crippen molar-refractivity contribution in [2.45, 2.75) is 50.3 Å². The van der Waals surface area contributed by atoms with Gasteiger partial charge in [-0.05, 0) is 68.7 Å². The first-order valence-corrected chi connectivity index (χ1v) is 9.68. The predicted molar refractivity (Wildman–Crippen MR) is 112 cm³/mol. The molecule has 160 valence electrons. The number of aliphatic hydroxyl groups excluding tert-OH is 1.